The summed E-state index contributed by atoms with van der Waals surface area (Å²) in [6, 6.07) is 5.75. The van der Waals surface area contributed by atoms with Crippen LogP contribution in [0.2, 0.25) is 0 Å². The number of benzene rings is 1. The van der Waals surface area contributed by atoms with E-state index >= 15 is 0 Å². The highest BCUT2D eigenvalue weighted by Gasteiger charge is 2.52. The van der Waals surface area contributed by atoms with Gasteiger partial charge in [0.05, 0.1) is 11.2 Å². The predicted octanol–water partition coefficient (Wildman–Crippen LogP) is 1.38. The van der Waals surface area contributed by atoms with E-state index in [9.17, 15) is 9.59 Å². The van der Waals surface area contributed by atoms with Crippen LogP contribution in [0.5, 0.6) is 0 Å². The number of fused-ring (bicyclic) bond motifs is 1. The van der Waals surface area contributed by atoms with Crippen molar-refractivity contribution < 1.29 is 9.31 Å². The Morgan fingerprint density at radius 3 is 2.29 bits per heavy atom. The molecule has 31 heavy (non-hydrogen) atoms. The summed E-state index contributed by atoms with van der Waals surface area (Å²) in [5, 5.41) is 3.49. The van der Waals surface area contributed by atoms with Gasteiger partial charge in [-0.15, -0.1) is 0 Å². The summed E-state index contributed by atoms with van der Waals surface area (Å²) in [4.78, 5) is 33.5. The van der Waals surface area contributed by atoms with Crippen LogP contribution in [0.3, 0.4) is 0 Å². The van der Waals surface area contributed by atoms with E-state index < -0.39 is 29.6 Å². The van der Waals surface area contributed by atoms with E-state index in [-0.39, 0.29) is 11.0 Å². The molecule has 0 bridgehead atoms. The smallest absolute Gasteiger partial charge is 0.399 e. The van der Waals surface area contributed by atoms with E-state index in [2.05, 4.69) is 15.3 Å². The van der Waals surface area contributed by atoms with Gasteiger partial charge < -0.3 is 14.6 Å². The van der Waals surface area contributed by atoms with Crippen LogP contribution >= 0.6 is 0 Å². The van der Waals surface area contributed by atoms with Crippen LogP contribution in [-0.2, 0) is 23.4 Å². The lowest BCUT2D eigenvalue weighted by atomic mass is 9.76. The fourth-order valence-electron chi connectivity index (χ4n) is 3.63. The van der Waals surface area contributed by atoms with Crippen molar-refractivity contribution in [3.8, 4) is 0 Å². The molecule has 9 nitrogen and oxygen atoms in total. The third-order valence-electron chi connectivity index (χ3n) is 6.37. The highest BCUT2D eigenvalue weighted by atomic mass is 16.7. The topological polar surface area (TPSA) is 100 Å². The maximum Gasteiger partial charge on any atom is 0.495 e. The van der Waals surface area contributed by atoms with Crippen molar-refractivity contribution in [1.82, 2.24) is 19.1 Å². The number of hydrogen-bond donors (Lipinski definition) is 1. The molecular weight excluding hydrogens is 397 g/mol. The van der Waals surface area contributed by atoms with Crippen molar-refractivity contribution in [3.63, 3.8) is 0 Å². The lowest BCUT2D eigenvalue weighted by Gasteiger charge is -2.32. The summed E-state index contributed by atoms with van der Waals surface area (Å²) < 4.78 is 14.8. The molecular formula is C21H26BN5O4. The molecule has 1 saturated heterocycles. The van der Waals surface area contributed by atoms with Gasteiger partial charge in [0.25, 0.3) is 5.56 Å². The van der Waals surface area contributed by atoms with Gasteiger partial charge in [-0.3, -0.25) is 13.9 Å². The monoisotopic (exact) mass is 423 g/mol. The third kappa shape index (κ3) is 3.26. The molecule has 1 N–H and O–H groups in total. The van der Waals surface area contributed by atoms with E-state index in [1.54, 1.807) is 7.05 Å². The normalized spacial score (nSPS) is 17.3. The van der Waals surface area contributed by atoms with Crippen molar-refractivity contribution >= 4 is 35.1 Å². The molecule has 10 heteroatoms. The number of nitrogens with zero attached hydrogens (tertiary/aromatic N) is 4. The largest absolute Gasteiger partial charge is 0.495 e. The zero-order valence-corrected chi connectivity index (χ0v) is 18.8. The number of hydrogen-bond acceptors (Lipinski definition) is 7. The number of anilines is 2. The Hall–Kier alpha value is -2.98. The average molecular weight is 423 g/mol. The minimum atomic E-state index is -0.511. The zero-order valence-electron chi connectivity index (χ0n) is 18.8. The SMILES string of the molecule is Cc1c(Nc2ncnc3c2c(=O)n(C)c(=O)n3C)cccc1B1OC(C)(C)C(C)(C)O1. The maximum absolute atomic E-state index is 12.8. The maximum atomic E-state index is 12.8. The summed E-state index contributed by atoms with van der Waals surface area (Å²) in [6.45, 7) is 10.0. The van der Waals surface area contributed by atoms with Crippen molar-refractivity contribution in [1.29, 1.82) is 0 Å². The lowest BCUT2D eigenvalue weighted by Crippen LogP contribution is -2.41. The molecule has 3 aromatic rings. The standard InChI is InChI=1S/C21H26BN5O4/c1-12-13(22-30-20(2,3)21(4,5)31-22)9-8-10-14(12)25-16-15-17(24-11-23-16)26(6)19(29)27(7)18(15)28/h8-11H,1-7H3,(H,23,24,25). The summed E-state index contributed by atoms with van der Waals surface area (Å²) in [6.07, 6.45) is 1.33. The first kappa shape index (κ1) is 21.3. The van der Waals surface area contributed by atoms with Crippen LogP contribution in [0.15, 0.2) is 34.1 Å². The zero-order chi connectivity index (χ0) is 22.7. The summed E-state index contributed by atoms with van der Waals surface area (Å²) in [5.41, 5.74) is 1.02. The van der Waals surface area contributed by atoms with Gasteiger partial charge in [0.2, 0.25) is 0 Å². The van der Waals surface area contributed by atoms with Crippen molar-refractivity contribution in [3.05, 3.63) is 50.9 Å². The highest BCUT2D eigenvalue weighted by Crippen LogP contribution is 2.37. The van der Waals surface area contributed by atoms with E-state index in [1.165, 1.54) is 17.9 Å². The van der Waals surface area contributed by atoms with Crippen LogP contribution < -0.4 is 22.0 Å². The highest BCUT2D eigenvalue weighted by molar-refractivity contribution is 6.62. The number of rotatable bonds is 3. The molecule has 1 aliphatic heterocycles. The van der Waals surface area contributed by atoms with Crippen LogP contribution in [0.1, 0.15) is 33.3 Å². The molecule has 0 amide bonds. The van der Waals surface area contributed by atoms with Gasteiger partial charge in [0.15, 0.2) is 5.65 Å². The third-order valence-corrected chi connectivity index (χ3v) is 6.37. The molecule has 162 valence electrons. The summed E-state index contributed by atoms with van der Waals surface area (Å²) >= 11 is 0. The van der Waals surface area contributed by atoms with E-state index in [4.69, 9.17) is 9.31 Å². The Morgan fingerprint density at radius 1 is 1.00 bits per heavy atom. The molecule has 1 fully saturated rings. The second-order valence-electron chi connectivity index (χ2n) is 8.86. The molecule has 2 aromatic heterocycles. The molecule has 0 spiro atoms. The Kier molecular flexibility index (Phi) is 4.82. The van der Waals surface area contributed by atoms with Crippen LogP contribution in [0.4, 0.5) is 11.5 Å². The Balaban J connectivity index is 1.79. The summed E-state index contributed by atoms with van der Waals surface area (Å²) in [7, 11) is 2.50. The fraction of sp³-hybridized carbons (Fsp3) is 0.429. The molecule has 0 saturated carbocycles. The number of aryl methyl sites for hydroxylation is 1. The van der Waals surface area contributed by atoms with Gasteiger partial charge in [0.1, 0.15) is 17.5 Å². The van der Waals surface area contributed by atoms with E-state index in [0.717, 1.165) is 21.3 Å². The molecule has 1 aliphatic rings. The minimum Gasteiger partial charge on any atom is -0.399 e. The second-order valence-corrected chi connectivity index (χ2v) is 8.86. The van der Waals surface area contributed by atoms with Gasteiger partial charge in [-0.25, -0.2) is 14.8 Å². The lowest BCUT2D eigenvalue weighted by molar-refractivity contribution is 0.00578. The van der Waals surface area contributed by atoms with Crippen LogP contribution in [0, 0.1) is 6.92 Å². The van der Waals surface area contributed by atoms with Crippen LogP contribution in [-0.4, -0.2) is 37.4 Å². The van der Waals surface area contributed by atoms with Crippen molar-refractivity contribution in [2.45, 2.75) is 45.8 Å². The van der Waals surface area contributed by atoms with Gasteiger partial charge in [0, 0.05) is 19.8 Å². The molecule has 3 heterocycles. The average Bonchev–Trinajstić information content (AvgIpc) is 2.93. The first-order chi connectivity index (χ1) is 14.4. The number of aromatic nitrogens is 4. The van der Waals surface area contributed by atoms with Gasteiger partial charge in [-0.05, 0) is 51.7 Å². The minimum absolute atomic E-state index is 0.243. The Bertz CT molecular complexity index is 1300. The quantitative estimate of drug-likeness (QED) is 0.636. The van der Waals surface area contributed by atoms with Gasteiger partial charge in [-0.2, -0.15) is 0 Å². The summed E-state index contributed by atoms with van der Waals surface area (Å²) in [5.74, 6) is 0.329. The fourth-order valence-corrected chi connectivity index (χ4v) is 3.63. The van der Waals surface area contributed by atoms with E-state index in [0.29, 0.717) is 5.82 Å². The van der Waals surface area contributed by atoms with Gasteiger partial charge in [-0.1, -0.05) is 12.1 Å². The first-order valence-corrected chi connectivity index (χ1v) is 10.1. The molecule has 0 unspecified atom stereocenters. The van der Waals surface area contributed by atoms with Crippen LogP contribution in [0.25, 0.3) is 11.0 Å². The van der Waals surface area contributed by atoms with Crippen molar-refractivity contribution in [2.75, 3.05) is 5.32 Å². The Morgan fingerprint density at radius 2 is 1.65 bits per heavy atom. The first-order valence-electron chi connectivity index (χ1n) is 10.1. The second kappa shape index (κ2) is 7.03. The molecule has 0 atom stereocenters. The molecule has 1 aromatic carbocycles. The number of nitrogens with one attached hydrogen (secondary N) is 1. The molecule has 0 aliphatic carbocycles. The van der Waals surface area contributed by atoms with Gasteiger partial charge >= 0.3 is 12.8 Å². The predicted molar refractivity (Wildman–Crippen MR) is 120 cm³/mol. The molecule has 4 rings (SSSR count). The van der Waals surface area contributed by atoms with Crippen molar-refractivity contribution in [2.24, 2.45) is 14.1 Å². The van der Waals surface area contributed by atoms with E-state index in [1.807, 2.05) is 52.8 Å². The Labute approximate surface area is 180 Å². The molecule has 0 radical (unpaired) electrons.